The summed E-state index contributed by atoms with van der Waals surface area (Å²) in [5.41, 5.74) is 0. The number of ether oxygens (including phenoxy) is 1. The SMILES string of the molecule is OC1CCCCC1OCC#CI. The number of rotatable bonds is 2. The molecule has 0 aromatic rings. The van der Waals surface area contributed by atoms with Crippen LogP contribution in [-0.2, 0) is 4.74 Å². The van der Waals surface area contributed by atoms with Crippen molar-refractivity contribution < 1.29 is 9.84 Å². The van der Waals surface area contributed by atoms with Crippen LogP contribution in [0.2, 0.25) is 0 Å². The van der Waals surface area contributed by atoms with Crippen molar-refractivity contribution in [1.82, 2.24) is 0 Å². The topological polar surface area (TPSA) is 29.5 Å². The second-order valence-electron chi connectivity index (χ2n) is 2.97. The molecule has 1 saturated carbocycles. The molecule has 1 aliphatic carbocycles. The molecule has 2 atom stereocenters. The summed E-state index contributed by atoms with van der Waals surface area (Å²) in [5, 5.41) is 9.49. The van der Waals surface area contributed by atoms with E-state index in [0.717, 1.165) is 19.3 Å². The maximum absolute atomic E-state index is 9.49. The van der Waals surface area contributed by atoms with Gasteiger partial charge in [-0.05, 0) is 16.8 Å². The van der Waals surface area contributed by atoms with Gasteiger partial charge in [0.25, 0.3) is 0 Å². The highest BCUT2D eigenvalue weighted by Gasteiger charge is 2.22. The van der Waals surface area contributed by atoms with Gasteiger partial charge in [-0.15, -0.1) is 0 Å². The van der Waals surface area contributed by atoms with Gasteiger partial charge in [-0.3, -0.25) is 0 Å². The molecule has 0 heterocycles. The number of aliphatic hydroxyl groups excluding tert-OH is 1. The molecule has 0 amide bonds. The zero-order valence-corrected chi connectivity index (χ0v) is 9.08. The van der Waals surface area contributed by atoms with E-state index in [1.807, 2.05) is 22.6 Å². The fraction of sp³-hybridized carbons (Fsp3) is 0.778. The van der Waals surface area contributed by atoms with Gasteiger partial charge in [-0.1, -0.05) is 18.8 Å². The van der Waals surface area contributed by atoms with E-state index in [1.165, 1.54) is 6.42 Å². The summed E-state index contributed by atoms with van der Waals surface area (Å²) in [7, 11) is 0. The second-order valence-corrected chi connectivity index (χ2v) is 3.51. The van der Waals surface area contributed by atoms with Crippen LogP contribution in [0.25, 0.3) is 0 Å². The third-order valence-corrected chi connectivity index (χ3v) is 2.49. The predicted molar refractivity (Wildman–Crippen MR) is 56.0 cm³/mol. The normalized spacial score (nSPS) is 29.2. The first-order valence-corrected chi connectivity index (χ1v) is 5.30. The standard InChI is InChI=1S/C9H13IO2/c10-6-3-7-12-9-5-2-1-4-8(9)11/h8-9,11H,1-2,4-5,7H2. The third-order valence-electron chi connectivity index (χ3n) is 2.10. The average Bonchev–Trinajstić information content (AvgIpc) is 2.09. The molecule has 1 fully saturated rings. The van der Waals surface area contributed by atoms with Gasteiger partial charge in [-0.25, -0.2) is 0 Å². The summed E-state index contributed by atoms with van der Waals surface area (Å²) in [6.45, 7) is 0.449. The van der Waals surface area contributed by atoms with Gasteiger partial charge in [0.05, 0.1) is 12.2 Å². The van der Waals surface area contributed by atoms with E-state index in [0.29, 0.717) is 6.61 Å². The van der Waals surface area contributed by atoms with Crippen molar-refractivity contribution >= 4 is 22.6 Å². The zero-order chi connectivity index (χ0) is 8.81. The highest BCUT2D eigenvalue weighted by atomic mass is 127. The Kier molecular flexibility index (Phi) is 4.96. The van der Waals surface area contributed by atoms with E-state index in [2.05, 4.69) is 9.85 Å². The molecule has 1 rings (SSSR count). The Bertz CT molecular complexity index is 183. The lowest BCUT2D eigenvalue weighted by Crippen LogP contribution is -2.32. The van der Waals surface area contributed by atoms with Gasteiger partial charge in [0.15, 0.2) is 0 Å². The molecule has 12 heavy (non-hydrogen) atoms. The third kappa shape index (κ3) is 3.30. The van der Waals surface area contributed by atoms with Crippen LogP contribution < -0.4 is 0 Å². The molecule has 0 radical (unpaired) electrons. The first kappa shape index (κ1) is 10.3. The molecule has 0 aromatic heterocycles. The largest absolute Gasteiger partial charge is 0.390 e. The van der Waals surface area contributed by atoms with Crippen LogP contribution in [0, 0.1) is 9.85 Å². The molecular formula is C9H13IO2. The Morgan fingerprint density at radius 1 is 1.42 bits per heavy atom. The fourth-order valence-electron chi connectivity index (χ4n) is 1.45. The Hall–Kier alpha value is 0.210. The molecule has 3 heteroatoms. The summed E-state index contributed by atoms with van der Waals surface area (Å²) in [6.07, 6.45) is 3.90. The van der Waals surface area contributed by atoms with E-state index in [-0.39, 0.29) is 12.2 Å². The van der Waals surface area contributed by atoms with Gasteiger partial charge in [-0.2, -0.15) is 0 Å². The Morgan fingerprint density at radius 2 is 2.17 bits per heavy atom. The van der Waals surface area contributed by atoms with E-state index in [4.69, 9.17) is 4.74 Å². The first-order chi connectivity index (χ1) is 5.84. The first-order valence-electron chi connectivity index (χ1n) is 4.22. The summed E-state index contributed by atoms with van der Waals surface area (Å²) >= 11 is 1.98. The summed E-state index contributed by atoms with van der Waals surface area (Å²) in [4.78, 5) is 0. The summed E-state index contributed by atoms with van der Waals surface area (Å²) < 4.78 is 8.14. The Morgan fingerprint density at radius 3 is 2.83 bits per heavy atom. The monoisotopic (exact) mass is 280 g/mol. The molecule has 2 nitrogen and oxygen atoms in total. The van der Waals surface area contributed by atoms with Crippen molar-refractivity contribution in [2.24, 2.45) is 0 Å². The second kappa shape index (κ2) is 5.79. The highest BCUT2D eigenvalue weighted by molar-refractivity contribution is 14.1. The molecule has 0 spiro atoms. The zero-order valence-electron chi connectivity index (χ0n) is 6.92. The lowest BCUT2D eigenvalue weighted by Gasteiger charge is -2.26. The Balaban J connectivity index is 2.23. The predicted octanol–water partition coefficient (Wildman–Crippen LogP) is 1.70. The minimum atomic E-state index is -0.269. The van der Waals surface area contributed by atoms with Crippen LogP contribution in [0.4, 0.5) is 0 Å². The van der Waals surface area contributed by atoms with Gasteiger partial charge in [0.1, 0.15) is 6.61 Å². The van der Waals surface area contributed by atoms with Crippen LogP contribution in [0.3, 0.4) is 0 Å². The molecule has 0 aromatic carbocycles. The minimum Gasteiger partial charge on any atom is -0.390 e. The van der Waals surface area contributed by atoms with Crippen LogP contribution in [-0.4, -0.2) is 23.9 Å². The molecule has 0 bridgehead atoms. The molecule has 0 aliphatic heterocycles. The minimum absolute atomic E-state index is 0.0241. The van der Waals surface area contributed by atoms with E-state index < -0.39 is 0 Å². The Labute approximate surface area is 86.8 Å². The lowest BCUT2D eigenvalue weighted by atomic mass is 9.95. The molecule has 0 saturated heterocycles. The summed E-state index contributed by atoms with van der Waals surface area (Å²) in [5.74, 6) is 2.82. The highest BCUT2D eigenvalue weighted by Crippen LogP contribution is 2.20. The van der Waals surface area contributed by atoms with E-state index in [1.54, 1.807) is 0 Å². The van der Waals surface area contributed by atoms with Gasteiger partial charge in [0, 0.05) is 22.6 Å². The van der Waals surface area contributed by atoms with Crippen molar-refractivity contribution in [2.45, 2.75) is 37.9 Å². The molecule has 2 unspecified atom stereocenters. The maximum Gasteiger partial charge on any atom is 0.109 e. The quantitative estimate of drug-likeness (QED) is 0.616. The van der Waals surface area contributed by atoms with Crippen molar-refractivity contribution in [1.29, 1.82) is 0 Å². The molecular weight excluding hydrogens is 267 g/mol. The molecule has 68 valence electrons. The molecule has 1 aliphatic rings. The number of hydrogen-bond acceptors (Lipinski definition) is 2. The summed E-state index contributed by atoms with van der Waals surface area (Å²) in [6, 6.07) is 0. The number of halogens is 1. The van der Waals surface area contributed by atoms with Gasteiger partial charge in [0.2, 0.25) is 0 Å². The van der Waals surface area contributed by atoms with Crippen LogP contribution in [0.1, 0.15) is 25.7 Å². The number of hydrogen-bond donors (Lipinski definition) is 1. The smallest absolute Gasteiger partial charge is 0.109 e. The number of aliphatic hydroxyl groups is 1. The van der Waals surface area contributed by atoms with E-state index in [9.17, 15) is 5.11 Å². The van der Waals surface area contributed by atoms with Gasteiger partial charge < -0.3 is 9.84 Å². The van der Waals surface area contributed by atoms with Crippen molar-refractivity contribution in [3.63, 3.8) is 0 Å². The van der Waals surface area contributed by atoms with Crippen molar-refractivity contribution in [3.05, 3.63) is 0 Å². The van der Waals surface area contributed by atoms with Crippen LogP contribution in [0.15, 0.2) is 0 Å². The van der Waals surface area contributed by atoms with Gasteiger partial charge >= 0.3 is 0 Å². The van der Waals surface area contributed by atoms with Crippen LogP contribution >= 0.6 is 22.6 Å². The van der Waals surface area contributed by atoms with Crippen LogP contribution in [0.5, 0.6) is 0 Å². The molecule has 1 N–H and O–H groups in total. The average molecular weight is 280 g/mol. The lowest BCUT2D eigenvalue weighted by molar-refractivity contribution is -0.0472. The van der Waals surface area contributed by atoms with Crippen molar-refractivity contribution in [2.75, 3.05) is 6.61 Å². The van der Waals surface area contributed by atoms with Crippen molar-refractivity contribution in [3.8, 4) is 9.85 Å². The van der Waals surface area contributed by atoms with E-state index >= 15 is 0 Å². The maximum atomic E-state index is 9.49. The fourth-order valence-corrected chi connectivity index (χ4v) is 1.60.